The molecule has 0 saturated heterocycles. The van der Waals surface area contributed by atoms with Crippen LogP contribution in [0.2, 0.25) is 0 Å². The molecule has 0 heterocycles. The maximum absolute atomic E-state index is 13.3. The van der Waals surface area contributed by atoms with E-state index in [-0.39, 0.29) is 17.8 Å². The topological polar surface area (TPSA) is 64.6 Å². The number of carbonyl (C=O) groups is 2. The molecule has 0 aliphatic rings. The van der Waals surface area contributed by atoms with E-state index in [2.05, 4.69) is 10.1 Å². The van der Waals surface area contributed by atoms with Gasteiger partial charge in [0.15, 0.2) is 0 Å². The van der Waals surface area contributed by atoms with Gasteiger partial charge in [-0.05, 0) is 59.5 Å². The van der Waals surface area contributed by atoms with Crippen LogP contribution in [-0.2, 0) is 16.0 Å². The Balaban J connectivity index is 1.65. The minimum atomic E-state index is -0.400. The van der Waals surface area contributed by atoms with Gasteiger partial charge in [0, 0.05) is 18.7 Å². The van der Waals surface area contributed by atoms with Gasteiger partial charge in [0.2, 0.25) is 0 Å². The lowest BCUT2D eigenvalue weighted by Gasteiger charge is -2.19. The van der Waals surface area contributed by atoms with E-state index in [1.807, 2.05) is 19.1 Å². The van der Waals surface area contributed by atoms with Gasteiger partial charge in [-0.1, -0.05) is 43.3 Å². The van der Waals surface area contributed by atoms with Crippen molar-refractivity contribution in [3.05, 3.63) is 106 Å². The summed E-state index contributed by atoms with van der Waals surface area (Å²) in [6.07, 6.45) is 0.527. The van der Waals surface area contributed by atoms with Crippen molar-refractivity contribution in [1.82, 2.24) is 5.32 Å². The molecule has 3 rings (SSSR count). The van der Waals surface area contributed by atoms with Crippen LogP contribution in [0.25, 0.3) is 0 Å². The Bertz CT molecular complexity index is 1030. The third-order valence-corrected chi connectivity index (χ3v) is 4.97. The van der Waals surface area contributed by atoms with Crippen LogP contribution in [-0.4, -0.2) is 25.6 Å². The van der Waals surface area contributed by atoms with Crippen LogP contribution >= 0.6 is 0 Å². The molecule has 166 valence electrons. The van der Waals surface area contributed by atoms with Gasteiger partial charge in [-0.2, -0.15) is 0 Å². The molecule has 1 amide bonds. The molecule has 5 nitrogen and oxygen atoms in total. The largest absolute Gasteiger partial charge is 0.465 e. The highest BCUT2D eigenvalue weighted by atomic mass is 19.1. The number of esters is 1. The Morgan fingerprint density at radius 1 is 0.875 bits per heavy atom. The van der Waals surface area contributed by atoms with E-state index < -0.39 is 5.97 Å². The number of methoxy groups -OCH3 is 1. The van der Waals surface area contributed by atoms with E-state index in [1.165, 1.54) is 19.2 Å². The van der Waals surface area contributed by atoms with Crippen LogP contribution in [0.4, 0.5) is 4.39 Å². The lowest BCUT2D eigenvalue weighted by Crippen LogP contribution is -2.22. The van der Waals surface area contributed by atoms with Crippen molar-refractivity contribution >= 4 is 11.9 Å². The fourth-order valence-corrected chi connectivity index (χ4v) is 3.23. The third kappa shape index (κ3) is 6.02. The van der Waals surface area contributed by atoms with E-state index in [0.29, 0.717) is 24.3 Å². The second-order valence-corrected chi connectivity index (χ2v) is 7.30. The average Bonchev–Trinajstić information content (AvgIpc) is 2.84. The number of amides is 1. The highest BCUT2D eigenvalue weighted by molar-refractivity contribution is 5.94. The van der Waals surface area contributed by atoms with Gasteiger partial charge in [-0.25, -0.2) is 9.18 Å². The Labute approximate surface area is 187 Å². The van der Waals surface area contributed by atoms with Crippen molar-refractivity contribution in [1.29, 1.82) is 0 Å². The van der Waals surface area contributed by atoms with Crippen LogP contribution in [0, 0.1) is 5.82 Å². The molecule has 1 atom stereocenters. The molecule has 0 spiro atoms. The molecule has 0 aromatic heterocycles. The van der Waals surface area contributed by atoms with E-state index in [9.17, 15) is 14.0 Å². The van der Waals surface area contributed by atoms with Gasteiger partial charge in [0.25, 0.3) is 5.91 Å². The molecule has 32 heavy (non-hydrogen) atoms. The van der Waals surface area contributed by atoms with Crippen molar-refractivity contribution in [3.8, 4) is 0 Å². The molecule has 0 saturated carbocycles. The molecular weight excluding hydrogens is 409 g/mol. The molecule has 0 fully saturated rings. The molecule has 6 heteroatoms. The summed E-state index contributed by atoms with van der Waals surface area (Å²) in [5, 5.41) is 2.87. The maximum Gasteiger partial charge on any atom is 0.337 e. The number of hydrogen-bond acceptors (Lipinski definition) is 4. The molecule has 0 aliphatic heterocycles. The minimum absolute atomic E-state index is 0.207. The van der Waals surface area contributed by atoms with Crippen LogP contribution in [0.5, 0.6) is 0 Å². The van der Waals surface area contributed by atoms with E-state index in [4.69, 9.17) is 4.74 Å². The molecule has 1 N–H and O–H groups in total. The van der Waals surface area contributed by atoms with Crippen LogP contribution in [0.15, 0.2) is 72.8 Å². The highest BCUT2D eigenvalue weighted by Crippen LogP contribution is 2.27. The summed E-state index contributed by atoms with van der Waals surface area (Å²) in [7, 11) is 1.33. The van der Waals surface area contributed by atoms with Gasteiger partial charge in [-0.3, -0.25) is 4.79 Å². The standard InChI is InChI=1S/C26H26FNO4/c1-3-16-32-24(20-12-14-23(27)15-13-20)19-8-10-21(11-9-19)25(29)28-17-18-4-6-22(7-5-18)26(30)31-2/h4-15,24H,3,16-17H2,1-2H3,(H,28,29). The SMILES string of the molecule is CCCOC(c1ccc(F)cc1)c1ccc(C(=O)NCc2ccc(C(=O)OC)cc2)cc1. The lowest BCUT2D eigenvalue weighted by molar-refractivity contribution is 0.0600. The van der Waals surface area contributed by atoms with Gasteiger partial charge in [-0.15, -0.1) is 0 Å². The zero-order chi connectivity index (χ0) is 22.9. The van der Waals surface area contributed by atoms with Crippen LogP contribution in [0.3, 0.4) is 0 Å². The summed E-state index contributed by atoms with van der Waals surface area (Å²) in [5.41, 5.74) is 3.59. The molecular formula is C26H26FNO4. The predicted molar refractivity (Wildman–Crippen MR) is 120 cm³/mol. The van der Waals surface area contributed by atoms with E-state index in [0.717, 1.165) is 23.1 Å². The minimum Gasteiger partial charge on any atom is -0.465 e. The summed E-state index contributed by atoms with van der Waals surface area (Å²) >= 11 is 0. The van der Waals surface area contributed by atoms with Crippen molar-refractivity contribution < 1.29 is 23.5 Å². The lowest BCUT2D eigenvalue weighted by atomic mass is 10.00. The molecule has 0 aliphatic carbocycles. The number of halogens is 1. The van der Waals surface area contributed by atoms with Gasteiger partial charge in [0.1, 0.15) is 11.9 Å². The normalized spacial score (nSPS) is 11.6. The number of hydrogen-bond donors (Lipinski definition) is 1. The fraction of sp³-hybridized carbons (Fsp3) is 0.231. The first-order valence-corrected chi connectivity index (χ1v) is 10.4. The summed E-state index contributed by atoms with van der Waals surface area (Å²) < 4.78 is 24.0. The summed E-state index contributed by atoms with van der Waals surface area (Å²) in [5.74, 6) is -0.904. The number of benzene rings is 3. The number of ether oxygens (including phenoxy) is 2. The maximum atomic E-state index is 13.3. The first-order chi connectivity index (χ1) is 15.5. The van der Waals surface area contributed by atoms with Crippen molar-refractivity contribution in [2.75, 3.05) is 13.7 Å². The van der Waals surface area contributed by atoms with Crippen molar-refractivity contribution in [3.63, 3.8) is 0 Å². The molecule has 1 unspecified atom stereocenters. The monoisotopic (exact) mass is 435 g/mol. The van der Waals surface area contributed by atoms with Gasteiger partial charge in [0.05, 0.1) is 12.7 Å². The second-order valence-electron chi connectivity index (χ2n) is 7.30. The Morgan fingerprint density at radius 2 is 1.44 bits per heavy atom. The fourth-order valence-electron chi connectivity index (χ4n) is 3.23. The second kappa shape index (κ2) is 11.2. The van der Waals surface area contributed by atoms with Gasteiger partial charge >= 0.3 is 5.97 Å². The van der Waals surface area contributed by atoms with Crippen LogP contribution < -0.4 is 5.32 Å². The van der Waals surface area contributed by atoms with Gasteiger partial charge < -0.3 is 14.8 Å². The first-order valence-electron chi connectivity index (χ1n) is 10.4. The predicted octanol–water partition coefficient (Wildman–Crippen LogP) is 5.06. The highest BCUT2D eigenvalue weighted by Gasteiger charge is 2.16. The smallest absolute Gasteiger partial charge is 0.337 e. The molecule has 0 radical (unpaired) electrons. The molecule has 3 aromatic rings. The van der Waals surface area contributed by atoms with Crippen molar-refractivity contribution in [2.24, 2.45) is 0 Å². The quantitative estimate of drug-likeness (QED) is 0.477. The Hall–Kier alpha value is -3.51. The number of nitrogens with one attached hydrogen (secondary N) is 1. The van der Waals surface area contributed by atoms with Crippen LogP contribution in [0.1, 0.15) is 56.9 Å². The van der Waals surface area contributed by atoms with Crippen molar-refractivity contribution in [2.45, 2.75) is 26.0 Å². The number of carbonyl (C=O) groups excluding carboxylic acids is 2. The summed E-state index contributed by atoms with van der Waals surface area (Å²) in [4.78, 5) is 24.0. The average molecular weight is 435 g/mol. The van der Waals surface area contributed by atoms with E-state index >= 15 is 0 Å². The summed E-state index contributed by atoms with van der Waals surface area (Å²) in [6.45, 7) is 2.93. The zero-order valence-corrected chi connectivity index (χ0v) is 18.1. The van der Waals surface area contributed by atoms with E-state index in [1.54, 1.807) is 48.5 Å². The Morgan fingerprint density at radius 3 is 2.00 bits per heavy atom. The third-order valence-electron chi connectivity index (χ3n) is 4.97. The first kappa shape index (κ1) is 23.2. The molecule has 3 aromatic carbocycles. The Kier molecular flexibility index (Phi) is 8.11. The number of rotatable bonds is 9. The zero-order valence-electron chi connectivity index (χ0n) is 18.1. The summed E-state index contributed by atoms with van der Waals surface area (Å²) in [6, 6.07) is 20.3. The molecule has 0 bridgehead atoms.